The molecule has 5 nitrogen and oxygen atoms in total. The van der Waals surface area contributed by atoms with Crippen LogP contribution in [0.4, 0.5) is 5.69 Å². The Morgan fingerprint density at radius 3 is 2.42 bits per heavy atom. The molecule has 0 atom stereocenters. The number of nitrogens with zero attached hydrogens (tertiary/aromatic N) is 1. The summed E-state index contributed by atoms with van der Waals surface area (Å²) in [6.45, 7) is 3.87. The van der Waals surface area contributed by atoms with Gasteiger partial charge in [-0.2, -0.15) is 0 Å². The molecular formula is C17H13BrN2O3S. The van der Waals surface area contributed by atoms with E-state index in [9.17, 15) is 9.59 Å². The zero-order chi connectivity index (χ0) is 17.4. The lowest BCUT2D eigenvalue weighted by Crippen LogP contribution is -2.54. The van der Waals surface area contributed by atoms with Crippen LogP contribution >= 0.6 is 28.1 Å². The van der Waals surface area contributed by atoms with Crippen LogP contribution in [0, 0.1) is 13.8 Å². The highest BCUT2D eigenvalue weighted by atomic mass is 79.9. The molecule has 2 heterocycles. The molecule has 1 aliphatic rings. The van der Waals surface area contributed by atoms with Gasteiger partial charge < -0.3 is 4.42 Å². The van der Waals surface area contributed by atoms with Crippen molar-refractivity contribution in [3.63, 3.8) is 0 Å². The zero-order valence-corrected chi connectivity index (χ0v) is 15.3. The summed E-state index contributed by atoms with van der Waals surface area (Å²) in [5.41, 5.74) is 2.58. The first-order valence-corrected chi connectivity index (χ1v) is 8.30. The second kappa shape index (κ2) is 6.33. The molecule has 0 unspecified atom stereocenters. The lowest BCUT2D eigenvalue weighted by Gasteiger charge is -2.29. The minimum Gasteiger partial charge on any atom is -0.450 e. The maximum absolute atomic E-state index is 12.8. The van der Waals surface area contributed by atoms with Crippen molar-refractivity contribution in [2.75, 3.05) is 4.90 Å². The van der Waals surface area contributed by atoms with Gasteiger partial charge >= 0.3 is 0 Å². The number of thiocarbonyl (C=S) groups is 1. The van der Waals surface area contributed by atoms with Crippen LogP contribution in [0.5, 0.6) is 0 Å². The molecule has 7 heteroatoms. The van der Waals surface area contributed by atoms with Gasteiger partial charge in [-0.25, -0.2) is 0 Å². The summed E-state index contributed by atoms with van der Waals surface area (Å²) >= 11 is 8.38. The highest BCUT2D eigenvalue weighted by Crippen LogP contribution is 2.25. The fourth-order valence-electron chi connectivity index (χ4n) is 2.52. The molecule has 24 heavy (non-hydrogen) atoms. The van der Waals surface area contributed by atoms with Crippen LogP contribution in [0.15, 0.2) is 45.0 Å². The maximum atomic E-state index is 12.8. The number of benzene rings is 1. The molecule has 1 aromatic heterocycles. The zero-order valence-electron chi connectivity index (χ0n) is 12.9. The van der Waals surface area contributed by atoms with Crippen LogP contribution in [0.2, 0.25) is 0 Å². The van der Waals surface area contributed by atoms with Gasteiger partial charge in [0.15, 0.2) is 9.78 Å². The Bertz CT molecular complexity index is 881. The lowest BCUT2D eigenvalue weighted by molar-refractivity contribution is -0.122. The molecule has 0 saturated carbocycles. The van der Waals surface area contributed by atoms with E-state index >= 15 is 0 Å². The Hall–Kier alpha value is -2.25. The van der Waals surface area contributed by atoms with Gasteiger partial charge in [0.05, 0.1) is 5.69 Å². The molecule has 1 fully saturated rings. The van der Waals surface area contributed by atoms with E-state index in [1.807, 2.05) is 32.0 Å². The predicted octanol–water partition coefficient (Wildman–Crippen LogP) is 3.49. The number of carbonyl (C=O) groups excluding carboxylic acids is 2. The van der Waals surface area contributed by atoms with Gasteiger partial charge in [0.1, 0.15) is 11.3 Å². The molecule has 1 aliphatic heterocycles. The van der Waals surface area contributed by atoms with Gasteiger partial charge in [0.2, 0.25) is 0 Å². The minimum absolute atomic E-state index is 0.0374. The molecule has 0 bridgehead atoms. The number of hydrogen-bond acceptors (Lipinski definition) is 4. The third-order valence-electron chi connectivity index (χ3n) is 3.45. The highest BCUT2D eigenvalue weighted by molar-refractivity contribution is 9.10. The van der Waals surface area contributed by atoms with Crippen LogP contribution in [0.1, 0.15) is 16.9 Å². The van der Waals surface area contributed by atoms with Crippen molar-refractivity contribution in [1.82, 2.24) is 5.32 Å². The number of amides is 2. The molecule has 2 amide bonds. The van der Waals surface area contributed by atoms with E-state index in [2.05, 4.69) is 21.2 Å². The summed E-state index contributed by atoms with van der Waals surface area (Å²) in [5.74, 6) is -0.631. The van der Waals surface area contributed by atoms with Crippen molar-refractivity contribution in [1.29, 1.82) is 0 Å². The number of hydrogen-bond donors (Lipinski definition) is 1. The lowest BCUT2D eigenvalue weighted by atomic mass is 10.1. The van der Waals surface area contributed by atoms with Gasteiger partial charge in [-0.3, -0.25) is 19.8 Å². The van der Waals surface area contributed by atoms with Crippen LogP contribution in [0.25, 0.3) is 6.08 Å². The number of anilines is 1. The van der Waals surface area contributed by atoms with E-state index < -0.39 is 11.8 Å². The van der Waals surface area contributed by atoms with E-state index in [1.165, 1.54) is 11.0 Å². The molecule has 0 radical (unpaired) electrons. The van der Waals surface area contributed by atoms with E-state index in [1.54, 1.807) is 12.1 Å². The van der Waals surface area contributed by atoms with Crippen molar-refractivity contribution in [2.45, 2.75) is 13.8 Å². The second-order valence-electron chi connectivity index (χ2n) is 5.45. The third-order valence-corrected chi connectivity index (χ3v) is 4.16. The van der Waals surface area contributed by atoms with Crippen molar-refractivity contribution in [3.05, 3.63) is 57.5 Å². The van der Waals surface area contributed by atoms with Gasteiger partial charge in [-0.15, -0.1) is 0 Å². The monoisotopic (exact) mass is 404 g/mol. The number of carbonyl (C=O) groups is 2. The van der Waals surface area contributed by atoms with E-state index in [0.29, 0.717) is 16.1 Å². The number of furan rings is 1. The number of aryl methyl sites for hydroxylation is 2. The van der Waals surface area contributed by atoms with E-state index in [0.717, 1.165) is 11.1 Å². The molecular weight excluding hydrogens is 392 g/mol. The van der Waals surface area contributed by atoms with Gasteiger partial charge in [0, 0.05) is 0 Å². The first-order valence-electron chi connectivity index (χ1n) is 7.10. The van der Waals surface area contributed by atoms with Crippen molar-refractivity contribution in [3.8, 4) is 0 Å². The Morgan fingerprint density at radius 1 is 1.17 bits per heavy atom. The Balaban J connectivity index is 2.04. The smallest absolute Gasteiger partial charge is 0.270 e. The van der Waals surface area contributed by atoms with E-state index in [4.69, 9.17) is 16.6 Å². The summed E-state index contributed by atoms with van der Waals surface area (Å²) in [6.07, 6.45) is 1.40. The van der Waals surface area contributed by atoms with Crippen LogP contribution < -0.4 is 10.2 Å². The SMILES string of the molecule is Cc1cc(C)cc(N2C(=O)/C(=C/c3ccc(Br)o3)C(=O)NC2=S)c1. The average molecular weight is 405 g/mol. The van der Waals surface area contributed by atoms with Crippen LogP contribution in [-0.4, -0.2) is 16.9 Å². The Labute approximate surface area is 152 Å². The molecule has 1 aromatic carbocycles. The van der Waals surface area contributed by atoms with Crippen molar-refractivity contribution >= 4 is 56.8 Å². The standard InChI is InChI=1S/C17H13BrN2O3S/c1-9-5-10(2)7-11(6-9)20-16(22)13(15(21)19-17(20)24)8-12-3-4-14(18)23-12/h3-8H,1-2H3,(H,19,21,24)/b13-8+. The molecule has 122 valence electrons. The molecule has 2 aromatic rings. The quantitative estimate of drug-likeness (QED) is 0.472. The topological polar surface area (TPSA) is 62.6 Å². The predicted molar refractivity (Wildman–Crippen MR) is 98.5 cm³/mol. The van der Waals surface area contributed by atoms with Crippen molar-refractivity contribution < 1.29 is 14.0 Å². The summed E-state index contributed by atoms with van der Waals surface area (Å²) in [6, 6.07) is 9.03. The Kier molecular flexibility index (Phi) is 4.38. The van der Waals surface area contributed by atoms with Gasteiger partial charge in [-0.1, -0.05) is 6.07 Å². The van der Waals surface area contributed by atoms with Crippen LogP contribution in [-0.2, 0) is 9.59 Å². The third kappa shape index (κ3) is 3.18. The number of halogens is 1. The fraction of sp³-hybridized carbons (Fsp3) is 0.118. The minimum atomic E-state index is -0.543. The molecule has 1 saturated heterocycles. The molecule has 0 aliphatic carbocycles. The van der Waals surface area contributed by atoms with E-state index in [-0.39, 0.29) is 10.7 Å². The normalized spacial score (nSPS) is 16.7. The molecule has 3 rings (SSSR count). The first kappa shape index (κ1) is 16.6. The largest absolute Gasteiger partial charge is 0.450 e. The molecule has 0 spiro atoms. The highest BCUT2D eigenvalue weighted by Gasteiger charge is 2.34. The van der Waals surface area contributed by atoms with Crippen molar-refractivity contribution in [2.24, 2.45) is 0 Å². The second-order valence-corrected chi connectivity index (χ2v) is 6.61. The fourth-order valence-corrected chi connectivity index (χ4v) is 3.12. The summed E-state index contributed by atoms with van der Waals surface area (Å²) in [4.78, 5) is 26.3. The number of rotatable bonds is 2. The van der Waals surface area contributed by atoms with Gasteiger partial charge in [-0.05, 0) is 83.5 Å². The van der Waals surface area contributed by atoms with Crippen LogP contribution in [0.3, 0.4) is 0 Å². The summed E-state index contributed by atoms with van der Waals surface area (Å²) in [5, 5.41) is 2.61. The first-order chi connectivity index (χ1) is 11.3. The molecule has 1 N–H and O–H groups in total. The summed E-state index contributed by atoms with van der Waals surface area (Å²) in [7, 11) is 0. The average Bonchev–Trinajstić information content (AvgIpc) is 2.87. The van der Waals surface area contributed by atoms with Gasteiger partial charge in [0.25, 0.3) is 11.8 Å². The number of nitrogens with one attached hydrogen (secondary N) is 1. The summed E-state index contributed by atoms with van der Waals surface area (Å²) < 4.78 is 5.86. The Morgan fingerprint density at radius 2 is 1.83 bits per heavy atom. The maximum Gasteiger partial charge on any atom is 0.270 e.